The van der Waals surface area contributed by atoms with E-state index in [2.05, 4.69) is 18.8 Å². The molecule has 3 N–H and O–H groups in total. The van der Waals surface area contributed by atoms with Gasteiger partial charge in [0.2, 0.25) is 0 Å². The number of anilines is 1. The first-order chi connectivity index (χ1) is 7.54. The van der Waals surface area contributed by atoms with Gasteiger partial charge in [-0.2, -0.15) is 0 Å². The number of carbonyl (C=O) groups excluding carboxylic acids is 1. The van der Waals surface area contributed by atoms with E-state index in [0.29, 0.717) is 17.9 Å². The van der Waals surface area contributed by atoms with Crippen LogP contribution in [-0.2, 0) is 6.54 Å². The monoisotopic (exact) mass is 221 g/mol. The van der Waals surface area contributed by atoms with Gasteiger partial charge >= 0.3 is 0 Å². The Labute approximate surface area is 96.1 Å². The minimum Gasteiger partial charge on any atom is -0.397 e. The molecule has 1 aromatic rings. The number of nitrogens with zero attached hydrogens (tertiary/aromatic N) is 1. The number of carbonyl (C=O) groups is 1. The van der Waals surface area contributed by atoms with E-state index >= 15 is 0 Å². The van der Waals surface area contributed by atoms with Crippen LogP contribution < -0.4 is 11.1 Å². The third kappa shape index (κ3) is 3.15. The summed E-state index contributed by atoms with van der Waals surface area (Å²) in [5, 5.41) is 2.80. The molecule has 1 aromatic heterocycles. The Balaban J connectivity index is 2.77. The van der Waals surface area contributed by atoms with Gasteiger partial charge in [-0.1, -0.05) is 19.1 Å². The van der Waals surface area contributed by atoms with Crippen LogP contribution in [0, 0.1) is 0 Å². The number of amides is 1. The maximum Gasteiger partial charge on any atom is 0.268 e. The zero-order chi connectivity index (χ0) is 12.1. The van der Waals surface area contributed by atoms with Gasteiger partial charge in [-0.15, -0.1) is 0 Å². The van der Waals surface area contributed by atoms with Crippen LogP contribution in [0.5, 0.6) is 0 Å². The van der Waals surface area contributed by atoms with Crippen molar-refractivity contribution in [2.75, 3.05) is 12.3 Å². The lowest BCUT2D eigenvalue weighted by Crippen LogP contribution is -2.27. The van der Waals surface area contributed by atoms with Crippen LogP contribution in [0.15, 0.2) is 24.4 Å². The van der Waals surface area contributed by atoms with Crippen molar-refractivity contribution in [3.63, 3.8) is 0 Å². The number of aromatic nitrogens is 1. The molecule has 0 saturated carbocycles. The smallest absolute Gasteiger partial charge is 0.268 e. The minimum absolute atomic E-state index is 0.104. The summed E-state index contributed by atoms with van der Waals surface area (Å²) in [6.07, 6.45) is 2.76. The van der Waals surface area contributed by atoms with Gasteiger partial charge < -0.3 is 15.6 Å². The second kappa shape index (κ2) is 5.39. The molecule has 0 aromatic carbocycles. The Morgan fingerprint density at radius 3 is 2.88 bits per heavy atom. The number of aryl methyl sites for hydroxylation is 1. The largest absolute Gasteiger partial charge is 0.397 e. The van der Waals surface area contributed by atoms with Gasteiger partial charge in [-0.05, 0) is 19.4 Å². The molecule has 4 heteroatoms. The SMILES string of the molecule is C=C(C)CNC(=O)c1cc(N)cn1CCC. The Bertz CT molecular complexity index is 393. The van der Waals surface area contributed by atoms with E-state index in [-0.39, 0.29) is 5.91 Å². The van der Waals surface area contributed by atoms with Gasteiger partial charge in [0.15, 0.2) is 0 Å². The molecule has 1 heterocycles. The summed E-state index contributed by atoms with van der Waals surface area (Å²) in [7, 11) is 0. The number of nitrogens with two attached hydrogens (primary N) is 1. The lowest BCUT2D eigenvalue weighted by atomic mass is 10.3. The first-order valence-corrected chi connectivity index (χ1v) is 5.42. The molecule has 0 aliphatic heterocycles. The zero-order valence-corrected chi connectivity index (χ0v) is 9.92. The molecule has 0 saturated heterocycles. The fourth-order valence-corrected chi connectivity index (χ4v) is 1.47. The van der Waals surface area contributed by atoms with Crippen LogP contribution in [0.3, 0.4) is 0 Å². The van der Waals surface area contributed by atoms with E-state index < -0.39 is 0 Å². The molecular weight excluding hydrogens is 202 g/mol. The summed E-state index contributed by atoms with van der Waals surface area (Å²) in [4.78, 5) is 11.8. The van der Waals surface area contributed by atoms with E-state index in [9.17, 15) is 4.79 Å². The summed E-state index contributed by atoms with van der Waals surface area (Å²) in [5.41, 5.74) is 7.84. The van der Waals surface area contributed by atoms with Crippen molar-refractivity contribution in [1.29, 1.82) is 0 Å². The number of nitrogens with one attached hydrogen (secondary N) is 1. The highest BCUT2D eigenvalue weighted by Crippen LogP contribution is 2.11. The van der Waals surface area contributed by atoms with Crippen LogP contribution in [0.2, 0.25) is 0 Å². The molecule has 1 amide bonds. The molecule has 0 atom stereocenters. The van der Waals surface area contributed by atoms with Gasteiger partial charge in [-0.25, -0.2) is 0 Å². The summed E-state index contributed by atoms with van der Waals surface area (Å²) >= 11 is 0. The Kier molecular flexibility index (Phi) is 4.17. The highest BCUT2D eigenvalue weighted by atomic mass is 16.1. The lowest BCUT2D eigenvalue weighted by Gasteiger charge is -2.08. The summed E-state index contributed by atoms with van der Waals surface area (Å²) in [6, 6.07) is 1.70. The summed E-state index contributed by atoms with van der Waals surface area (Å²) in [6.45, 7) is 8.97. The molecule has 0 spiro atoms. The average molecular weight is 221 g/mol. The number of rotatable bonds is 5. The second-order valence-electron chi connectivity index (χ2n) is 3.99. The van der Waals surface area contributed by atoms with Crippen LogP contribution in [0.25, 0.3) is 0 Å². The van der Waals surface area contributed by atoms with Crippen molar-refractivity contribution in [2.24, 2.45) is 0 Å². The zero-order valence-electron chi connectivity index (χ0n) is 9.92. The summed E-state index contributed by atoms with van der Waals surface area (Å²) in [5.74, 6) is -0.104. The summed E-state index contributed by atoms with van der Waals surface area (Å²) < 4.78 is 1.88. The first kappa shape index (κ1) is 12.4. The van der Waals surface area contributed by atoms with Gasteiger partial charge in [0.05, 0.1) is 5.69 Å². The highest BCUT2D eigenvalue weighted by Gasteiger charge is 2.11. The third-order valence-electron chi connectivity index (χ3n) is 2.17. The first-order valence-electron chi connectivity index (χ1n) is 5.42. The molecular formula is C12H19N3O. The molecule has 0 bridgehead atoms. The number of hydrogen-bond acceptors (Lipinski definition) is 2. The van der Waals surface area contributed by atoms with E-state index in [1.807, 2.05) is 11.5 Å². The van der Waals surface area contributed by atoms with Crippen LogP contribution in [0.1, 0.15) is 30.8 Å². The van der Waals surface area contributed by atoms with Gasteiger partial charge in [0.1, 0.15) is 5.69 Å². The van der Waals surface area contributed by atoms with Crippen molar-refractivity contribution in [2.45, 2.75) is 26.8 Å². The molecule has 16 heavy (non-hydrogen) atoms. The van der Waals surface area contributed by atoms with Crippen molar-refractivity contribution < 1.29 is 4.79 Å². The predicted octanol–water partition coefficient (Wildman–Crippen LogP) is 1.79. The van der Waals surface area contributed by atoms with Gasteiger partial charge in [0, 0.05) is 19.3 Å². The van der Waals surface area contributed by atoms with Gasteiger partial charge in [0.25, 0.3) is 5.91 Å². The number of hydrogen-bond donors (Lipinski definition) is 2. The second-order valence-corrected chi connectivity index (χ2v) is 3.99. The third-order valence-corrected chi connectivity index (χ3v) is 2.17. The fraction of sp³-hybridized carbons (Fsp3) is 0.417. The predicted molar refractivity (Wildman–Crippen MR) is 66.3 cm³/mol. The molecule has 0 fully saturated rings. The van der Waals surface area contributed by atoms with E-state index in [1.54, 1.807) is 12.3 Å². The molecule has 0 radical (unpaired) electrons. The van der Waals surface area contributed by atoms with Crippen LogP contribution in [-0.4, -0.2) is 17.0 Å². The van der Waals surface area contributed by atoms with Crippen molar-refractivity contribution in [3.8, 4) is 0 Å². The van der Waals surface area contributed by atoms with Crippen LogP contribution in [0.4, 0.5) is 5.69 Å². The Hall–Kier alpha value is -1.71. The normalized spacial score (nSPS) is 10.1. The van der Waals surface area contributed by atoms with Crippen molar-refractivity contribution >= 4 is 11.6 Å². The topological polar surface area (TPSA) is 60.1 Å². The van der Waals surface area contributed by atoms with Crippen LogP contribution >= 0.6 is 0 Å². The van der Waals surface area contributed by atoms with E-state index in [1.165, 1.54) is 0 Å². The van der Waals surface area contributed by atoms with Crippen molar-refractivity contribution in [1.82, 2.24) is 9.88 Å². The fourth-order valence-electron chi connectivity index (χ4n) is 1.47. The molecule has 4 nitrogen and oxygen atoms in total. The molecule has 0 aliphatic rings. The molecule has 88 valence electrons. The highest BCUT2D eigenvalue weighted by molar-refractivity contribution is 5.93. The lowest BCUT2D eigenvalue weighted by molar-refractivity contribution is 0.0947. The van der Waals surface area contributed by atoms with Crippen molar-refractivity contribution in [3.05, 3.63) is 30.1 Å². The Morgan fingerprint density at radius 1 is 1.62 bits per heavy atom. The average Bonchev–Trinajstić information content (AvgIpc) is 2.56. The minimum atomic E-state index is -0.104. The maximum absolute atomic E-state index is 11.8. The van der Waals surface area contributed by atoms with E-state index in [0.717, 1.165) is 18.5 Å². The standard InChI is InChI=1S/C12H19N3O/c1-4-5-15-8-10(13)6-11(15)12(16)14-7-9(2)3/h6,8H,2,4-5,7,13H2,1,3H3,(H,14,16). The molecule has 0 unspecified atom stereocenters. The Morgan fingerprint density at radius 2 is 2.31 bits per heavy atom. The quantitative estimate of drug-likeness (QED) is 0.745. The maximum atomic E-state index is 11.8. The molecule has 0 aliphatic carbocycles. The van der Waals surface area contributed by atoms with Gasteiger partial charge in [-0.3, -0.25) is 4.79 Å². The van der Waals surface area contributed by atoms with E-state index in [4.69, 9.17) is 5.73 Å². The number of nitrogen functional groups attached to an aromatic ring is 1. The molecule has 1 rings (SSSR count).